The van der Waals surface area contributed by atoms with Gasteiger partial charge in [0.15, 0.2) is 18.0 Å². The van der Waals surface area contributed by atoms with Gasteiger partial charge >= 0.3 is 0 Å². The largest absolute Gasteiger partial charge is 0.486 e. The summed E-state index contributed by atoms with van der Waals surface area (Å²) in [5, 5.41) is 0. The number of nitrogens with one attached hydrogen (secondary N) is 1. The van der Waals surface area contributed by atoms with Crippen LogP contribution in [-0.2, 0) is 4.79 Å². The molecule has 158 valence electrons. The van der Waals surface area contributed by atoms with Crippen molar-refractivity contribution in [1.29, 1.82) is 0 Å². The number of para-hydroxylation sites is 1. The van der Waals surface area contributed by atoms with Crippen molar-refractivity contribution in [2.24, 2.45) is 0 Å². The number of carbonyl (C=O) groups is 1. The molecule has 2 saturated heterocycles. The van der Waals surface area contributed by atoms with Crippen LogP contribution in [0.15, 0.2) is 48.5 Å². The van der Waals surface area contributed by atoms with Crippen LogP contribution in [0.2, 0.25) is 0 Å². The first kappa shape index (κ1) is 19.2. The van der Waals surface area contributed by atoms with Crippen LogP contribution < -0.4 is 19.3 Å². The van der Waals surface area contributed by atoms with Crippen molar-refractivity contribution in [3.8, 4) is 11.5 Å². The average Bonchev–Trinajstić information content (AvgIpc) is 3.27. The number of anilines is 1. The molecule has 0 aliphatic carbocycles. The summed E-state index contributed by atoms with van der Waals surface area (Å²) in [4.78, 5) is 18.8. The molecule has 3 heterocycles. The van der Waals surface area contributed by atoms with Gasteiger partial charge < -0.3 is 24.2 Å². The normalized spacial score (nSPS) is 23.5. The summed E-state index contributed by atoms with van der Waals surface area (Å²) in [5.41, 5.74) is 2.50. The van der Waals surface area contributed by atoms with Crippen molar-refractivity contribution in [1.82, 2.24) is 4.90 Å². The maximum Gasteiger partial charge on any atom is 0.277 e. The van der Waals surface area contributed by atoms with Crippen LogP contribution in [0.3, 0.4) is 0 Å². The second-order valence-corrected chi connectivity index (χ2v) is 8.39. The number of hydrogen-bond acceptors (Lipinski definition) is 4. The molecule has 2 fully saturated rings. The van der Waals surface area contributed by atoms with E-state index >= 15 is 0 Å². The number of quaternary nitrogens is 1. The number of benzene rings is 2. The number of likely N-dealkylation sites (tertiary alicyclic amines) is 1. The molecule has 5 rings (SSSR count). The number of amides is 1. The molecule has 3 aliphatic heterocycles. The highest BCUT2D eigenvalue weighted by atomic mass is 16.6. The second-order valence-electron chi connectivity index (χ2n) is 8.39. The van der Waals surface area contributed by atoms with Gasteiger partial charge in [0.05, 0.1) is 6.54 Å². The molecule has 1 N–H and O–H groups in total. The van der Waals surface area contributed by atoms with Gasteiger partial charge in [-0.2, -0.15) is 0 Å². The predicted octanol–water partition coefficient (Wildman–Crippen LogP) is 1.53. The van der Waals surface area contributed by atoms with Crippen molar-refractivity contribution in [3.05, 3.63) is 54.1 Å². The molecule has 2 aromatic rings. The number of carbonyl (C=O) groups excluding carboxylic acids is 1. The van der Waals surface area contributed by atoms with E-state index in [0.29, 0.717) is 25.8 Å². The minimum absolute atomic E-state index is 0.280. The molecule has 6 heteroatoms. The third-order valence-electron chi connectivity index (χ3n) is 6.58. The van der Waals surface area contributed by atoms with Gasteiger partial charge in [-0.05, 0) is 30.3 Å². The first-order valence-corrected chi connectivity index (χ1v) is 11.1. The van der Waals surface area contributed by atoms with Crippen molar-refractivity contribution in [2.75, 3.05) is 57.4 Å². The topological polar surface area (TPSA) is 46.5 Å². The lowest BCUT2D eigenvalue weighted by Crippen LogP contribution is -3.11. The third-order valence-corrected chi connectivity index (χ3v) is 6.58. The Balaban J connectivity index is 1.20. The molecule has 1 amide bonds. The van der Waals surface area contributed by atoms with Crippen molar-refractivity contribution in [2.45, 2.75) is 18.9 Å². The monoisotopic (exact) mass is 408 g/mol. The Hall–Kier alpha value is -2.73. The van der Waals surface area contributed by atoms with Gasteiger partial charge in [-0.25, -0.2) is 0 Å². The van der Waals surface area contributed by atoms with E-state index in [-0.39, 0.29) is 5.91 Å². The molecular formula is C24H30N3O3+. The van der Waals surface area contributed by atoms with Crippen LogP contribution in [0.4, 0.5) is 5.69 Å². The molecular weight excluding hydrogens is 378 g/mol. The van der Waals surface area contributed by atoms with E-state index in [4.69, 9.17) is 9.47 Å². The standard InChI is InChI=1S/C24H29N3O3/c28-24(26-13-11-25(12-14-26)20-5-2-1-3-6-20)18-27-10-4-7-21(27)19-8-9-22-23(17-19)30-16-15-29-22/h1-3,5-6,8-9,17,21H,4,7,10-16,18H2/p+1/t21-/m0/s1. The molecule has 0 spiro atoms. The molecule has 0 aromatic heterocycles. The predicted molar refractivity (Wildman–Crippen MR) is 115 cm³/mol. The number of rotatable bonds is 4. The van der Waals surface area contributed by atoms with E-state index in [9.17, 15) is 4.79 Å². The van der Waals surface area contributed by atoms with E-state index < -0.39 is 0 Å². The quantitative estimate of drug-likeness (QED) is 0.834. The minimum Gasteiger partial charge on any atom is -0.486 e. The maximum absolute atomic E-state index is 13.0. The number of fused-ring (bicyclic) bond motifs is 1. The fourth-order valence-corrected chi connectivity index (χ4v) is 4.96. The Morgan fingerprint density at radius 3 is 2.53 bits per heavy atom. The lowest BCUT2D eigenvalue weighted by Gasteiger charge is -2.36. The van der Waals surface area contributed by atoms with Crippen LogP contribution in [-0.4, -0.2) is 63.3 Å². The van der Waals surface area contributed by atoms with Gasteiger partial charge in [0.25, 0.3) is 5.91 Å². The molecule has 2 atom stereocenters. The second kappa shape index (κ2) is 8.56. The summed E-state index contributed by atoms with van der Waals surface area (Å²) >= 11 is 0. The lowest BCUT2D eigenvalue weighted by molar-refractivity contribution is -0.910. The first-order chi connectivity index (χ1) is 14.8. The maximum atomic E-state index is 13.0. The Morgan fingerprint density at radius 1 is 0.967 bits per heavy atom. The molecule has 30 heavy (non-hydrogen) atoms. The average molecular weight is 409 g/mol. The zero-order valence-corrected chi connectivity index (χ0v) is 17.4. The van der Waals surface area contributed by atoms with Crippen LogP contribution >= 0.6 is 0 Å². The number of piperazine rings is 1. The Kier molecular flexibility index (Phi) is 5.49. The highest BCUT2D eigenvalue weighted by Gasteiger charge is 2.34. The fraction of sp³-hybridized carbons (Fsp3) is 0.458. The zero-order chi connectivity index (χ0) is 20.3. The smallest absolute Gasteiger partial charge is 0.277 e. The Bertz CT molecular complexity index is 881. The van der Waals surface area contributed by atoms with Crippen LogP contribution in [0.25, 0.3) is 0 Å². The third kappa shape index (κ3) is 3.97. The van der Waals surface area contributed by atoms with Gasteiger partial charge in [0, 0.05) is 50.3 Å². The molecule has 0 radical (unpaired) electrons. The Labute approximate surface area is 178 Å². The van der Waals surface area contributed by atoms with Gasteiger partial charge in [0.2, 0.25) is 0 Å². The van der Waals surface area contributed by atoms with Gasteiger partial charge in [-0.3, -0.25) is 4.79 Å². The summed E-state index contributed by atoms with van der Waals surface area (Å²) in [6.07, 6.45) is 2.27. The molecule has 0 saturated carbocycles. The summed E-state index contributed by atoms with van der Waals surface area (Å²) in [7, 11) is 0. The SMILES string of the molecule is O=C(C[NH+]1CCC[C@H]1c1ccc2c(c1)OCCO2)N1CCN(c2ccccc2)CC1. The Morgan fingerprint density at radius 2 is 1.73 bits per heavy atom. The number of nitrogens with zero attached hydrogens (tertiary/aromatic N) is 2. The van der Waals surface area contributed by atoms with Crippen molar-refractivity contribution in [3.63, 3.8) is 0 Å². The summed E-state index contributed by atoms with van der Waals surface area (Å²) in [6, 6.07) is 17.1. The highest BCUT2D eigenvalue weighted by molar-refractivity contribution is 5.77. The van der Waals surface area contributed by atoms with E-state index in [1.54, 1.807) is 0 Å². The van der Waals surface area contributed by atoms with E-state index in [0.717, 1.165) is 57.1 Å². The lowest BCUT2D eigenvalue weighted by atomic mass is 10.0. The van der Waals surface area contributed by atoms with Crippen LogP contribution in [0.1, 0.15) is 24.4 Å². The summed E-state index contributed by atoms with van der Waals surface area (Å²) < 4.78 is 11.4. The van der Waals surface area contributed by atoms with Gasteiger partial charge in [0.1, 0.15) is 19.3 Å². The minimum atomic E-state index is 0.280. The number of ether oxygens (including phenoxy) is 2. The zero-order valence-electron chi connectivity index (χ0n) is 17.4. The van der Waals surface area contributed by atoms with Crippen LogP contribution in [0, 0.1) is 0 Å². The molecule has 1 unspecified atom stereocenters. The van der Waals surface area contributed by atoms with Gasteiger partial charge in [-0.15, -0.1) is 0 Å². The number of hydrogen-bond donors (Lipinski definition) is 1. The summed E-state index contributed by atoms with van der Waals surface area (Å²) in [6.45, 7) is 6.24. The van der Waals surface area contributed by atoms with Crippen molar-refractivity contribution >= 4 is 11.6 Å². The molecule has 2 aromatic carbocycles. The molecule has 6 nitrogen and oxygen atoms in total. The summed E-state index contributed by atoms with van der Waals surface area (Å²) in [5.74, 6) is 1.95. The van der Waals surface area contributed by atoms with Crippen molar-refractivity contribution < 1.29 is 19.2 Å². The van der Waals surface area contributed by atoms with E-state index in [1.165, 1.54) is 16.2 Å². The first-order valence-electron chi connectivity index (χ1n) is 11.1. The molecule has 0 bridgehead atoms. The van der Waals surface area contributed by atoms with E-state index in [1.807, 2.05) is 17.0 Å². The fourth-order valence-electron chi connectivity index (χ4n) is 4.96. The van der Waals surface area contributed by atoms with Gasteiger partial charge in [-0.1, -0.05) is 18.2 Å². The molecule has 3 aliphatic rings. The highest BCUT2D eigenvalue weighted by Crippen LogP contribution is 2.33. The van der Waals surface area contributed by atoms with E-state index in [2.05, 4.69) is 41.3 Å². The van der Waals surface area contributed by atoms with Crippen LogP contribution in [0.5, 0.6) is 11.5 Å².